The van der Waals surface area contributed by atoms with E-state index in [1.165, 1.54) is 0 Å². The van der Waals surface area contributed by atoms with Gasteiger partial charge in [0.2, 0.25) is 0 Å². The second kappa shape index (κ2) is 9.33. The number of nitrogens with one attached hydrogen (secondary N) is 1. The zero-order valence-electron chi connectivity index (χ0n) is 18.3. The number of ether oxygens (including phenoxy) is 1. The molecule has 162 valence electrons. The Bertz CT molecular complexity index is 1230. The minimum absolute atomic E-state index is 0.114. The molecule has 5 heteroatoms. The number of halogens is 1. The summed E-state index contributed by atoms with van der Waals surface area (Å²) in [6, 6.07) is 27.1. The van der Waals surface area contributed by atoms with E-state index in [4.69, 9.17) is 16.3 Å². The van der Waals surface area contributed by atoms with Crippen LogP contribution in [0.1, 0.15) is 34.6 Å². The molecule has 0 spiro atoms. The van der Waals surface area contributed by atoms with Gasteiger partial charge in [0.1, 0.15) is 5.75 Å². The minimum atomic E-state index is -0.122. The van der Waals surface area contributed by atoms with Crippen LogP contribution in [-0.4, -0.2) is 17.6 Å². The van der Waals surface area contributed by atoms with E-state index in [0.29, 0.717) is 10.6 Å². The van der Waals surface area contributed by atoms with Gasteiger partial charge in [0.25, 0.3) is 5.91 Å². The highest BCUT2D eigenvalue weighted by Gasteiger charge is 2.22. The summed E-state index contributed by atoms with van der Waals surface area (Å²) in [5.41, 5.74) is 5.22. The smallest absolute Gasteiger partial charge is 0.253 e. The molecule has 0 aliphatic carbocycles. The molecule has 4 nitrogen and oxygen atoms in total. The molecule has 0 aliphatic rings. The molecule has 4 rings (SSSR count). The average molecular weight is 445 g/mol. The zero-order chi connectivity index (χ0) is 22.7. The largest absolute Gasteiger partial charge is 0.495 e. The van der Waals surface area contributed by atoms with E-state index >= 15 is 0 Å². The molecule has 1 amide bonds. The number of carbonyl (C=O) groups is 1. The van der Waals surface area contributed by atoms with Crippen LogP contribution in [0, 0.1) is 6.92 Å². The first kappa shape index (κ1) is 21.7. The van der Waals surface area contributed by atoms with Gasteiger partial charge in [-0.3, -0.25) is 4.79 Å². The molecule has 1 unspecified atom stereocenters. The number of para-hydroxylation sites is 2. The molecule has 0 saturated carbocycles. The third-order valence-corrected chi connectivity index (χ3v) is 5.86. The van der Waals surface area contributed by atoms with Gasteiger partial charge in [-0.1, -0.05) is 66.2 Å². The summed E-state index contributed by atoms with van der Waals surface area (Å²) in [4.78, 5) is 13.3. The predicted molar refractivity (Wildman–Crippen MR) is 130 cm³/mol. The van der Waals surface area contributed by atoms with E-state index in [9.17, 15) is 4.79 Å². The van der Waals surface area contributed by atoms with Crippen molar-refractivity contribution in [2.24, 2.45) is 0 Å². The Morgan fingerprint density at radius 1 is 0.969 bits per heavy atom. The summed E-state index contributed by atoms with van der Waals surface area (Å²) in [5, 5.41) is 3.79. The summed E-state index contributed by atoms with van der Waals surface area (Å²) >= 11 is 6.12. The molecule has 1 heterocycles. The van der Waals surface area contributed by atoms with Gasteiger partial charge in [0.05, 0.1) is 30.1 Å². The van der Waals surface area contributed by atoms with Gasteiger partial charge in [0, 0.05) is 10.7 Å². The molecule has 0 bridgehead atoms. The molecule has 32 heavy (non-hydrogen) atoms. The number of aromatic nitrogens is 1. The quantitative estimate of drug-likeness (QED) is 0.363. The van der Waals surface area contributed by atoms with Gasteiger partial charge in [-0.25, -0.2) is 0 Å². The Hall–Kier alpha value is -3.50. The fourth-order valence-corrected chi connectivity index (χ4v) is 4.02. The molecule has 4 aromatic rings. The highest BCUT2D eigenvalue weighted by Crippen LogP contribution is 2.34. The Morgan fingerprint density at radius 3 is 2.31 bits per heavy atom. The van der Waals surface area contributed by atoms with E-state index in [1.807, 2.05) is 98.8 Å². The van der Waals surface area contributed by atoms with Gasteiger partial charge in [-0.2, -0.15) is 0 Å². The van der Waals surface area contributed by atoms with Crippen LogP contribution in [0.15, 0.2) is 84.9 Å². The normalized spacial score (nSPS) is 11.8. The predicted octanol–water partition coefficient (Wildman–Crippen LogP) is 6.61. The summed E-state index contributed by atoms with van der Waals surface area (Å²) in [6.07, 6.45) is 0. The molecule has 0 aliphatic heterocycles. The molecule has 0 radical (unpaired) electrons. The Labute approximate surface area is 193 Å². The van der Waals surface area contributed by atoms with Crippen molar-refractivity contribution in [3.8, 4) is 22.7 Å². The van der Waals surface area contributed by atoms with Crippen LogP contribution < -0.4 is 10.1 Å². The maximum absolute atomic E-state index is 13.3. The lowest BCUT2D eigenvalue weighted by Gasteiger charge is -2.16. The summed E-state index contributed by atoms with van der Waals surface area (Å²) < 4.78 is 7.67. The van der Waals surface area contributed by atoms with Crippen molar-refractivity contribution in [3.05, 3.63) is 107 Å². The van der Waals surface area contributed by atoms with Crippen LogP contribution in [0.4, 0.5) is 0 Å². The van der Waals surface area contributed by atoms with E-state index in [0.717, 1.165) is 34.0 Å². The van der Waals surface area contributed by atoms with Crippen LogP contribution in [0.5, 0.6) is 5.75 Å². The van der Waals surface area contributed by atoms with E-state index in [2.05, 4.69) is 9.88 Å². The first-order valence-corrected chi connectivity index (χ1v) is 10.8. The van der Waals surface area contributed by atoms with Gasteiger partial charge < -0.3 is 14.6 Å². The fraction of sp³-hybridized carbons (Fsp3) is 0.148. The van der Waals surface area contributed by atoms with Gasteiger partial charge in [0.15, 0.2) is 0 Å². The van der Waals surface area contributed by atoms with Crippen LogP contribution in [-0.2, 0) is 0 Å². The number of hydrogen-bond acceptors (Lipinski definition) is 2. The third kappa shape index (κ3) is 4.27. The van der Waals surface area contributed by atoms with Gasteiger partial charge >= 0.3 is 0 Å². The van der Waals surface area contributed by atoms with Crippen molar-refractivity contribution in [2.45, 2.75) is 19.9 Å². The number of carbonyl (C=O) groups excluding carboxylic acids is 1. The van der Waals surface area contributed by atoms with Crippen molar-refractivity contribution in [1.82, 2.24) is 9.88 Å². The van der Waals surface area contributed by atoms with Crippen molar-refractivity contribution in [1.29, 1.82) is 0 Å². The monoisotopic (exact) mass is 444 g/mol. The highest BCUT2D eigenvalue weighted by molar-refractivity contribution is 6.30. The minimum Gasteiger partial charge on any atom is -0.495 e. The average Bonchev–Trinajstić information content (AvgIpc) is 3.17. The lowest BCUT2D eigenvalue weighted by Crippen LogP contribution is -2.27. The SMILES string of the molecule is COc1ccccc1-n1c(-c2ccc(Cl)cc2)cc(C(=O)NC(C)c2ccccc2)c1C. The fourth-order valence-electron chi connectivity index (χ4n) is 3.89. The molecule has 0 saturated heterocycles. The number of hydrogen-bond donors (Lipinski definition) is 1. The second-order valence-corrected chi connectivity index (χ2v) is 8.09. The van der Waals surface area contributed by atoms with E-state index in [1.54, 1.807) is 7.11 Å². The van der Waals surface area contributed by atoms with Crippen LogP contribution in [0.2, 0.25) is 5.02 Å². The summed E-state index contributed by atoms with van der Waals surface area (Å²) in [5.74, 6) is 0.605. The number of nitrogens with zero attached hydrogens (tertiary/aromatic N) is 1. The lowest BCUT2D eigenvalue weighted by atomic mass is 10.1. The first-order chi connectivity index (χ1) is 15.5. The number of benzene rings is 3. The number of amides is 1. The number of rotatable bonds is 6. The Kier molecular flexibility index (Phi) is 6.33. The third-order valence-electron chi connectivity index (χ3n) is 5.61. The molecular weight excluding hydrogens is 420 g/mol. The van der Waals surface area contributed by atoms with Gasteiger partial charge in [-0.05, 0) is 55.3 Å². The van der Waals surface area contributed by atoms with E-state index in [-0.39, 0.29) is 11.9 Å². The molecule has 0 fully saturated rings. The summed E-state index contributed by atoms with van der Waals surface area (Å²) in [7, 11) is 1.65. The van der Waals surface area contributed by atoms with Gasteiger partial charge in [-0.15, -0.1) is 0 Å². The topological polar surface area (TPSA) is 43.3 Å². The van der Waals surface area contributed by atoms with Crippen molar-refractivity contribution in [3.63, 3.8) is 0 Å². The van der Waals surface area contributed by atoms with Crippen molar-refractivity contribution < 1.29 is 9.53 Å². The van der Waals surface area contributed by atoms with Crippen LogP contribution in [0.25, 0.3) is 16.9 Å². The van der Waals surface area contributed by atoms with E-state index < -0.39 is 0 Å². The highest BCUT2D eigenvalue weighted by atomic mass is 35.5. The summed E-state index contributed by atoms with van der Waals surface area (Å²) in [6.45, 7) is 3.94. The molecule has 3 aromatic carbocycles. The Balaban J connectivity index is 1.80. The maximum Gasteiger partial charge on any atom is 0.253 e. The standard InChI is InChI=1S/C27H25ClN2O2/c1-18(20-9-5-4-6-10-20)29-27(31)23-17-25(21-13-15-22(28)16-14-21)30(19(23)2)24-11-7-8-12-26(24)32-3/h4-18H,1-3H3,(H,29,31). The maximum atomic E-state index is 13.3. The van der Waals surface area contributed by atoms with Crippen LogP contribution in [0.3, 0.4) is 0 Å². The lowest BCUT2D eigenvalue weighted by molar-refractivity contribution is 0.0939. The van der Waals surface area contributed by atoms with Crippen LogP contribution >= 0.6 is 11.6 Å². The zero-order valence-corrected chi connectivity index (χ0v) is 19.1. The first-order valence-electron chi connectivity index (χ1n) is 10.5. The number of methoxy groups -OCH3 is 1. The molecule has 1 N–H and O–H groups in total. The molecular formula is C27H25ClN2O2. The van der Waals surface area contributed by atoms with Crippen molar-refractivity contribution >= 4 is 17.5 Å². The molecule has 1 atom stereocenters. The van der Waals surface area contributed by atoms with Crippen molar-refractivity contribution in [2.75, 3.05) is 7.11 Å². The second-order valence-electron chi connectivity index (χ2n) is 7.65. The molecule has 1 aromatic heterocycles. The Morgan fingerprint density at radius 2 is 1.62 bits per heavy atom.